The zero-order chi connectivity index (χ0) is 7.03. The van der Waals surface area contributed by atoms with Crippen LogP contribution in [0.2, 0.25) is 0 Å². The van der Waals surface area contributed by atoms with Gasteiger partial charge in [-0.3, -0.25) is 0 Å². The summed E-state index contributed by atoms with van der Waals surface area (Å²) < 4.78 is 0.583. The minimum absolute atomic E-state index is 0.583. The molecule has 1 nitrogen and oxygen atoms in total. The summed E-state index contributed by atoms with van der Waals surface area (Å²) in [5.41, 5.74) is 0. The van der Waals surface area contributed by atoms with Crippen molar-refractivity contribution in [2.24, 2.45) is 0 Å². The van der Waals surface area contributed by atoms with Gasteiger partial charge in [-0.25, -0.2) is 0 Å². The van der Waals surface area contributed by atoms with Crippen LogP contribution < -0.4 is 5.32 Å². The summed E-state index contributed by atoms with van der Waals surface area (Å²) in [5, 5.41) is 3.51. The second-order valence-corrected chi connectivity index (χ2v) is 6.31. The van der Waals surface area contributed by atoms with Crippen LogP contribution in [-0.2, 0) is 0 Å². The summed E-state index contributed by atoms with van der Waals surface area (Å²) in [6.07, 6.45) is 1.36. The van der Waals surface area contributed by atoms with Crippen molar-refractivity contribution < 1.29 is 0 Å². The molecule has 2 saturated heterocycles. The monoisotopic (exact) mass is 175 g/mol. The van der Waals surface area contributed by atoms with Crippen molar-refractivity contribution in [1.82, 2.24) is 5.32 Å². The first-order valence-electron chi connectivity index (χ1n) is 3.82. The van der Waals surface area contributed by atoms with Crippen LogP contribution in [0.3, 0.4) is 0 Å². The zero-order valence-electron chi connectivity index (χ0n) is 6.22. The predicted octanol–water partition coefficient (Wildman–Crippen LogP) is 1.54. The molecule has 2 heterocycles. The molecule has 0 aliphatic carbocycles. The lowest BCUT2D eigenvalue weighted by Gasteiger charge is -2.18. The molecule has 2 fully saturated rings. The molecule has 0 radical (unpaired) electrons. The highest BCUT2D eigenvalue weighted by molar-refractivity contribution is 8.21. The van der Waals surface area contributed by atoms with Crippen molar-refractivity contribution in [3.05, 3.63) is 0 Å². The van der Waals surface area contributed by atoms with Crippen molar-refractivity contribution >= 4 is 23.5 Å². The fraction of sp³-hybridized carbons (Fsp3) is 1.00. The van der Waals surface area contributed by atoms with E-state index in [2.05, 4.69) is 35.8 Å². The molecule has 1 unspecified atom stereocenters. The van der Waals surface area contributed by atoms with Crippen LogP contribution >= 0.6 is 23.5 Å². The SMILES string of the molecule is CC1CC2(CN1)SCCS2. The lowest BCUT2D eigenvalue weighted by atomic mass is 10.2. The molecular formula is C7H13NS2. The van der Waals surface area contributed by atoms with E-state index < -0.39 is 0 Å². The summed E-state index contributed by atoms with van der Waals surface area (Å²) >= 11 is 4.31. The summed E-state index contributed by atoms with van der Waals surface area (Å²) in [4.78, 5) is 0. The van der Waals surface area contributed by atoms with Gasteiger partial charge in [-0.2, -0.15) is 0 Å². The maximum Gasteiger partial charge on any atom is 0.0750 e. The quantitative estimate of drug-likeness (QED) is 0.600. The molecule has 2 aliphatic rings. The van der Waals surface area contributed by atoms with Gasteiger partial charge in [-0.15, -0.1) is 23.5 Å². The Bertz CT molecular complexity index is 132. The third kappa shape index (κ3) is 1.19. The fourth-order valence-corrected chi connectivity index (χ4v) is 5.01. The summed E-state index contributed by atoms with van der Waals surface area (Å²) in [6, 6.07) is 0.748. The largest absolute Gasteiger partial charge is 0.312 e. The summed E-state index contributed by atoms with van der Waals surface area (Å²) in [6.45, 7) is 3.51. The van der Waals surface area contributed by atoms with Crippen LogP contribution in [0.1, 0.15) is 13.3 Å². The van der Waals surface area contributed by atoms with Crippen LogP contribution in [0.25, 0.3) is 0 Å². The molecule has 0 aromatic rings. The molecule has 10 heavy (non-hydrogen) atoms. The van der Waals surface area contributed by atoms with Crippen molar-refractivity contribution in [3.8, 4) is 0 Å². The molecule has 2 aliphatic heterocycles. The van der Waals surface area contributed by atoms with E-state index in [0.29, 0.717) is 4.08 Å². The third-order valence-electron chi connectivity index (χ3n) is 2.15. The molecule has 1 atom stereocenters. The second kappa shape index (κ2) is 2.61. The summed E-state index contributed by atoms with van der Waals surface area (Å²) in [7, 11) is 0. The van der Waals surface area contributed by atoms with Gasteiger partial charge >= 0.3 is 0 Å². The van der Waals surface area contributed by atoms with E-state index in [9.17, 15) is 0 Å². The maximum atomic E-state index is 3.51. The average molecular weight is 175 g/mol. The van der Waals surface area contributed by atoms with E-state index in [1.54, 1.807) is 0 Å². The number of thioether (sulfide) groups is 2. The number of hydrogen-bond acceptors (Lipinski definition) is 3. The first-order chi connectivity index (χ1) is 4.81. The van der Waals surface area contributed by atoms with Gasteiger partial charge in [0.25, 0.3) is 0 Å². The minimum Gasteiger partial charge on any atom is -0.312 e. The van der Waals surface area contributed by atoms with E-state index in [1.807, 2.05) is 0 Å². The van der Waals surface area contributed by atoms with Crippen LogP contribution in [0.15, 0.2) is 0 Å². The number of rotatable bonds is 0. The number of nitrogens with one attached hydrogen (secondary N) is 1. The molecule has 2 rings (SSSR count). The van der Waals surface area contributed by atoms with Crippen LogP contribution in [0, 0.1) is 0 Å². The van der Waals surface area contributed by atoms with E-state index in [4.69, 9.17) is 0 Å². The Kier molecular flexibility index (Phi) is 1.91. The maximum absolute atomic E-state index is 3.51. The molecule has 1 spiro atoms. The van der Waals surface area contributed by atoms with E-state index >= 15 is 0 Å². The molecule has 0 aromatic carbocycles. The van der Waals surface area contributed by atoms with Crippen LogP contribution in [-0.4, -0.2) is 28.2 Å². The Morgan fingerprint density at radius 1 is 1.40 bits per heavy atom. The van der Waals surface area contributed by atoms with Crippen LogP contribution in [0.5, 0.6) is 0 Å². The second-order valence-electron chi connectivity index (χ2n) is 3.09. The highest BCUT2D eigenvalue weighted by atomic mass is 32.2. The van der Waals surface area contributed by atoms with Gasteiger partial charge in [0.2, 0.25) is 0 Å². The molecule has 0 aromatic heterocycles. The van der Waals surface area contributed by atoms with Gasteiger partial charge in [0, 0.05) is 24.1 Å². The predicted molar refractivity (Wildman–Crippen MR) is 49.7 cm³/mol. The van der Waals surface area contributed by atoms with Gasteiger partial charge < -0.3 is 5.32 Å². The van der Waals surface area contributed by atoms with Gasteiger partial charge in [-0.1, -0.05) is 0 Å². The highest BCUT2D eigenvalue weighted by Crippen LogP contribution is 2.48. The van der Waals surface area contributed by atoms with E-state index in [-0.39, 0.29) is 0 Å². The lowest BCUT2D eigenvalue weighted by Crippen LogP contribution is -2.21. The topological polar surface area (TPSA) is 12.0 Å². The lowest BCUT2D eigenvalue weighted by molar-refractivity contribution is 0.664. The van der Waals surface area contributed by atoms with E-state index in [1.165, 1.54) is 24.5 Å². The van der Waals surface area contributed by atoms with Gasteiger partial charge in [0.15, 0.2) is 0 Å². The first kappa shape index (κ1) is 7.32. The molecule has 0 bridgehead atoms. The molecule has 3 heteroatoms. The first-order valence-corrected chi connectivity index (χ1v) is 5.79. The Morgan fingerprint density at radius 3 is 2.60 bits per heavy atom. The van der Waals surface area contributed by atoms with Gasteiger partial charge in [0.1, 0.15) is 0 Å². The average Bonchev–Trinajstić information content (AvgIpc) is 2.46. The molecule has 58 valence electrons. The van der Waals surface area contributed by atoms with Gasteiger partial charge in [0.05, 0.1) is 4.08 Å². The fourth-order valence-electron chi connectivity index (χ4n) is 1.66. The Labute approximate surface area is 70.7 Å². The molecule has 1 N–H and O–H groups in total. The smallest absolute Gasteiger partial charge is 0.0750 e. The Morgan fingerprint density at radius 2 is 2.10 bits per heavy atom. The standard InChI is InChI=1S/C7H13NS2/c1-6-4-7(5-8-6)9-2-3-10-7/h6,8H,2-5H2,1H3. The molecular weight excluding hydrogens is 162 g/mol. The number of hydrogen-bond donors (Lipinski definition) is 1. The van der Waals surface area contributed by atoms with Crippen molar-refractivity contribution in [1.29, 1.82) is 0 Å². The normalized spacial score (nSPS) is 37.5. The van der Waals surface area contributed by atoms with Crippen molar-refractivity contribution in [2.45, 2.75) is 23.5 Å². The molecule has 0 saturated carbocycles. The Balaban J connectivity index is 2.03. The van der Waals surface area contributed by atoms with Crippen molar-refractivity contribution in [2.75, 3.05) is 18.1 Å². The highest BCUT2D eigenvalue weighted by Gasteiger charge is 2.40. The van der Waals surface area contributed by atoms with Crippen LogP contribution in [0.4, 0.5) is 0 Å². The summed E-state index contributed by atoms with van der Waals surface area (Å²) in [5.74, 6) is 2.72. The third-order valence-corrected chi connectivity index (χ3v) is 5.61. The van der Waals surface area contributed by atoms with Crippen molar-refractivity contribution in [3.63, 3.8) is 0 Å². The zero-order valence-corrected chi connectivity index (χ0v) is 7.86. The van der Waals surface area contributed by atoms with Gasteiger partial charge in [-0.05, 0) is 13.3 Å². The minimum atomic E-state index is 0.583. The molecule has 0 amide bonds. The Hall–Kier alpha value is 0.660. The van der Waals surface area contributed by atoms with E-state index in [0.717, 1.165) is 6.04 Å².